The molecule has 2 heterocycles. The summed E-state index contributed by atoms with van der Waals surface area (Å²) in [4.78, 5) is 2.27. The average Bonchev–Trinajstić information content (AvgIpc) is 2.71. The Morgan fingerprint density at radius 3 is 2.84 bits per heavy atom. The summed E-state index contributed by atoms with van der Waals surface area (Å²) in [5.41, 5.74) is 3.53. The zero-order valence-corrected chi connectivity index (χ0v) is 11.6. The van der Waals surface area contributed by atoms with Gasteiger partial charge in [0.05, 0.1) is 12.6 Å². The first-order valence-corrected chi connectivity index (χ1v) is 7.02. The lowest BCUT2D eigenvalue weighted by atomic mass is 10.1. The van der Waals surface area contributed by atoms with E-state index < -0.39 is 0 Å². The van der Waals surface area contributed by atoms with Gasteiger partial charge in [-0.25, -0.2) is 0 Å². The molecule has 3 nitrogen and oxygen atoms in total. The topological polar surface area (TPSA) is 36.6 Å². The summed E-state index contributed by atoms with van der Waals surface area (Å²) >= 11 is 0. The van der Waals surface area contributed by atoms with Crippen LogP contribution in [0, 0.1) is 13.8 Å². The molecule has 1 N–H and O–H groups in total. The van der Waals surface area contributed by atoms with E-state index in [9.17, 15) is 5.11 Å². The van der Waals surface area contributed by atoms with Gasteiger partial charge in [0, 0.05) is 11.9 Å². The Morgan fingerprint density at radius 2 is 2.05 bits per heavy atom. The van der Waals surface area contributed by atoms with Crippen LogP contribution >= 0.6 is 0 Å². The van der Waals surface area contributed by atoms with Gasteiger partial charge in [0.2, 0.25) is 0 Å². The lowest BCUT2D eigenvalue weighted by molar-refractivity contribution is 0.0636. The van der Waals surface area contributed by atoms with Crippen molar-refractivity contribution in [3.05, 3.63) is 35.1 Å². The normalized spacial score (nSPS) is 21.1. The van der Waals surface area contributed by atoms with Gasteiger partial charge in [0.1, 0.15) is 11.3 Å². The summed E-state index contributed by atoms with van der Waals surface area (Å²) in [6, 6.07) is 6.42. The van der Waals surface area contributed by atoms with Crippen molar-refractivity contribution in [2.24, 2.45) is 0 Å². The first-order chi connectivity index (χ1) is 9.11. The minimum atomic E-state index is -0.178. The maximum Gasteiger partial charge on any atom is 0.134 e. The fourth-order valence-electron chi connectivity index (χ4n) is 2.83. The summed E-state index contributed by atoms with van der Waals surface area (Å²) in [5.74, 6) is 0.995. The minimum Gasteiger partial charge on any atom is -0.460 e. The van der Waals surface area contributed by atoms with E-state index in [0.717, 1.165) is 43.8 Å². The Hall–Kier alpha value is -1.32. The van der Waals surface area contributed by atoms with E-state index in [1.54, 1.807) is 0 Å². The maximum atomic E-state index is 9.70. The highest BCUT2D eigenvalue weighted by Crippen LogP contribution is 2.24. The van der Waals surface area contributed by atoms with E-state index in [1.165, 1.54) is 16.5 Å². The van der Waals surface area contributed by atoms with Crippen LogP contribution in [0.3, 0.4) is 0 Å². The van der Waals surface area contributed by atoms with Gasteiger partial charge < -0.3 is 9.52 Å². The number of hydrogen-bond acceptors (Lipinski definition) is 3. The fourth-order valence-corrected chi connectivity index (χ4v) is 2.83. The van der Waals surface area contributed by atoms with Gasteiger partial charge >= 0.3 is 0 Å². The standard InChI is InChI=1S/C16H21NO2/c1-11-6-13-8-15(19-16(13)7-12(11)2)10-17-5-3-4-14(18)9-17/h6-8,14,18H,3-5,9-10H2,1-2H3. The van der Waals surface area contributed by atoms with Gasteiger partial charge in [-0.05, 0) is 62.6 Å². The van der Waals surface area contributed by atoms with E-state index in [0.29, 0.717) is 0 Å². The molecular weight excluding hydrogens is 238 g/mol. The van der Waals surface area contributed by atoms with Crippen molar-refractivity contribution in [1.82, 2.24) is 4.90 Å². The van der Waals surface area contributed by atoms with Crippen LogP contribution in [-0.4, -0.2) is 29.2 Å². The molecule has 2 aromatic rings. The molecule has 0 aliphatic carbocycles. The second-order valence-corrected chi connectivity index (χ2v) is 5.72. The largest absolute Gasteiger partial charge is 0.460 e. The number of rotatable bonds is 2. The Balaban J connectivity index is 1.81. The van der Waals surface area contributed by atoms with Gasteiger partial charge in [-0.1, -0.05) is 0 Å². The first kappa shape index (κ1) is 12.7. The Kier molecular flexibility index (Phi) is 3.33. The van der Waals surface area contributed by atoms with Crippen molar-refractivity contribution in [3.8, 4) is 0 Å². The summed E-state index contributed by atoms with van der Waals surface area (Å²) in [6.45, 7) is 6.84. The van der Waals surface area contributed by atoms with Crippen LogP contribution in [0.2, 0.25) is 0 Å². The van der Waals surface area contributed by atoms with Crippen LogP contribution < -0.4 is 0 Å². The van der Waals surface area contributed by atoms with E-state index >= 15 is 0 Å². The molecule has 0 amide bonds. The lowest BCUT2D eigenvalue weighted by Gasteiger charge is -2.29. The molecule has 1 aliphatic heterocycles. The van der Waals surface area contributed by atoms with Crippen molar-refractivity contribution < 1.29 is 9.52 Å². The number of aliphatic hydroxyl groups excluding tert-OH is 1. The molecule has 0 spiro atoms. The van der Waals surface area contributed by atoms with Gasteiger partial charge in [-0.3, -0.25) is 4.90 Å². The molecule has 3 heteroatoms. The van der Waals surface area contributed by atoms with E-state index in [1.807, 2.05) is 0 Å². The SMILES string of the molecule is Cc1cc2cc(CN3CCCC(O)C3)oc2cc1C. The Morgan fingerprint density at radius 1 is 1.26 bits per heavy atom. The molecule has 1 aliphatic rings. The van der Waals surface area contributed by atoms with Gasteiger partial charge in [0.25, 0.3) is 0 Å². The third-order valence-corrected chi connectivity index (χ3v) is 4.04. The smallest absolute Gasteiger partial charge is 0.134 e. The zero-order valence-electron chi connectivity index (χ0n) is 11.6. The number of furan rings is 1. The predicted molar refractivity (Wildman–Crippen MR) is 76.2 cm³/mol. The van der Waals surface area contributed by atoms with Crippen LogP contribution in [-0.2, 0) is 6.54 Å². The van der Waals surface area contributed by atoms with Crippen LogP contribution in [0.4, 0.5) is 0 Å². The summed E-state index contributed by atoms with van der Waals surface area (Å²) < 4.78 is 5.92. The molecule has 1 aromatic heterocycles. The van der Waals surface area contributed by atoms with Crippen molar-refractivity contribution in [1.29, 1.82) is 0 Å². The van der Waals surface area contributed by atoms with Crippen molar-refractivity contribution in [2.75, 3.05) is 13.1 Å². The summed E-state index contributed by atoms with van der Waals surface area (Å²) in [5, 5.41) is 10.9. The Bertz CT molecular complexity index is 549. The molecule has 0 radical (unpaired) electrons. The molecule has 0 saturated carbocycles. The molecule has 0 bridgehead atoms. The van der Waals surface area contributed by atoms with Crippen LogP contribution in [0.5, 0.6) is 0 Å². The fraction of sp³-hybridized carbons (Fsp3) is 0.500. The van der Waals surface area contributed by atoms with Crippen molar-refractivity contribution in [2.45, 2.75) is 39.3 Å². The molecular formula is C16H21NO2. The second-order valence-electron chi connectivity index (χ2n) is 5.72. The highest BCUT2D eigenvalue weighted by Gasteiger charge is 2.19. The predicted octanol–water partition coefficient (Wildman–Crippen LogP) is 3.01. The molecule has 1 atom stereocenters. The second kappa shape index (κ2) is 4.99. The summed E-state index contributed by atoms with van der Waals surface area (Å²) in [6.07, 6.45) is 1.82. The number of benzene rings is 1. The average molecular weight is 259 g/mol. The zero-order chi connectivity index (χ0) is 13.4. The number of aryl methyl sites for hydroxylation is 2. The van der Waals surface area contributed by atoms with Gasteiger partial charge in [-0.2, -0.15) is 0 Å². The number of nitrogens with zero attached hydrogens (tertiary/aromatic N) is 1. The monoisotopic (exact) mass is 259 g/mol. The van der Waals surface area contributed by atoms with E-state index in [-0.39, 0.29) is 6.10 Å². The lowest BCUT2D eigenvalue weighted by Crippen LogP contribution is -2.37. The van der Waals surface area contributed by atoms with Crippen LogP contribution in [0.25, 0.3) is 11.0 Å². The molecule has 1 saturated heterocycles. The first-order valence-electron chi connectivity index (χ1n) is 7.02. The van der Waals surface area contributed by atoms with E-state index in [2.05, 4.69) is 36.9 Å². The number of aliphatic hydroxyl groups is 1. The molecule has 1 aromatic carbocycles. The molecule has 3 rings (SSSR count). The highest BCUT2D eigenvalue weighted by molar-refractivity contribution is 5.79. The number of piperidine rings is 1. The van der Waals surface area contributed by atoms with Crippen LogP contribution in [0.1, 0.15) is 29.7 Å². The molecule has 19 heavy (non-hydrogen) atoms. The summed E-state index contributed by atoms with van der Waals surface area (Å²) in [7, 11) is 0. The third kappa shape index (κ3) is 2.67. The number of hydrogen-bond donors (Lipinski definition) is 1. The number of likely N-dealkylation sites (tertiary alicyclic amines) is 1. The minimum absolute atomic E-state index is 0.178. The van der Waals surface area contributed by atoms with Crippen molar-refractivity contribution in [3.63, 3.8) is 0 Å². The van der Waals surface area contributed by atoms with Gasteiger partial charge in [0.15, 0.2) is 0 Å². The number of fused-ring (bicyclic) bond motifs is 1. The van der Waals surface area contributed by atoms with E-state index in [4.69, 9.17) is 4.42 Å². The third-order valence-electron chi connectivity index (χ3n) is 4.04. The molecule has 1 fully saturated rings. The quantitative estimate of drug-likeness (QED) is 0.900. The Labute approximate surface area is 113 Å². The van der Waals surface area contributed by atoms with Crippen molar-refractivity contribution >= 4 is 11.0 Å². The number of β-amino-alcohol motifs (C(OH)–C–C–N with tert-alkyl or cyclic N) is 1. The van der Waals surface area contributed by atoms with Crippen LogP contribution in [0.15, 0.2) is 22.6 Å². The maximum absolute atomic E-state index is 9.70. The highest BCUT2D eigenvalue weighted by atomic mass is 16.3. The molecule has 1 unspecified atom stereocenters. The van der Waals surface area contributed by atoms with Gasteiger partial charge in [-0.15, -0.1) is 0 Å². The molecule has 102 valence electrons.